The third-order valence-electron chi connectivity index (χ3n) is 4.36. The van der Waals surface area contributed by atoms with Gasteiger partial charge < -0.3 is 9.88 Å². The van der Waals surface area contributed by atoms with Crippen LogP contribution in [0.1, 0.15) is 31.0 Å². The largest absolute Gasteiger partial charge is 0.361 e. The molecule has 0 radical (unpaired) electrons. The number of fused-ring (bicyclic) bond motifs is 1. The van der Waals surface area contributed by atoms with E-state index in [-0.39, 0.29) is 5.91 Å². The summed E-state index contributed by atoms with van der Waals surface area (Å²) in [5, 5.41) is 5.68. The summed E-state index contributed by atoms with van der Waals surface area (Å²) in [6, 6.07) is 10.3. The van der Waals surface area contributed by atoms with Gasteiger partial charge in [-0.15, -0.1) is 0 Å². The van der Waals surface area contributed by atoms with Crippen molar-refractivity contribution >= 4 is 16.8 Å². The van der Waals surface area contributed by atoms with Crippen LogP contribution in [0.5, 0.6) is 0 Å². The Labute approximate surface area is 142 Å². The Hall–Kier alpha value is -2.56. The van der Waals surface area contributed by atoms with Gasteiger partial charge in [-0.05, 0) is 37.5 Å². The van der Waals surface area contributed by atoms with Crippen LogP contribution in [0.15, 0.2) is 42.7 Å². The van der Waals surface area contributed by atoms with Crippen molar-refractivity contribution in [1.29, 1.82) is 0 Å². The van der Waals surface area contributed by atoms with E-state index in [9.17, 15) is 4.79 Å². The molecule has 0 saturated heterocycles. The summed E-state index contributed by atoms with van der Waals surface area (Å²) in [5.41, 5.74) is 3.37. The molecule has 0 fully saturated rings. The molecule has 126 valence electrons. The lowest BCUT2D eigenvalue weighted by Gasteiger charge is -2.15. The Morgan fingerprint density at radius 1 is 1.29 bits per heavy atom. The second-order valence-corrected chi connectivity index (χ2v) is 6.13. The van der Waals surface area contributed by atoms with Crippen LogP contribution in [0, 0.1) is 0 Å². The van der Waals surface area contributed by atoms with E-state index in [0.29, 0.717) is 13.0 Å². The molecular formula is C19H24N4O. The summed E-state index contributed by atoms with van der Waals surface area (Å²) in [6.45, 7) is 3.47. The number of nitrogens with one attached hydrogen (secondary N) is 1. The fraction of sp³-hybridized carbons (Fsp3) is 0.368. The predicted octanol–water partition coefficient (Wildman–Crippen LogP) is 3.37. The average molecular weight is 324 g/mol. The SMILES string of the molecule is CCn1ccc(CN(C)C(=O)CCCc2c[nH]c3ccccc23)n1. The number of amides is 1. The number of hydrogen-bond donors (Lipinski definition) is 1. The van der Waals surface area contributed by atoms with E-state index in [2.05, 4.69) is 35.3 Å². The van der Waals surface area contributed by atoms with Crippen molar-refractivity contribution in [2.24, 2.45) is 0 Å². The molecule has 0 atom stereocenters. The number of H-pyrrole nitrogens is 1. The summed E-state index contributed by atoms with van der Waals surface area (Å²) in [4.78, 5) is 17.3. The molecule has 2 heterocycles. The van der Waals surface area contributed by atoms with Crippen LogP contribution in [0.4, 0.5) is 0 Å². The Balaban J connectivity index is 1.49. The molecule has 1 N–H and O–H groups in total. The summed E-state index contributed by atoms with van der Waals surface area (Å²) in [5.74, 6) is 0.167. The highest BCUT2D eigenvalue weighted by molar-refractivity contribution is 5.83. The maximum absolute atomic E-state index is 12.3. The van der Waals surface area contributed by atoms with E-state index in [0.717, 1.165) is 30.6 Å². The van der Waals surface area contributed by atoms with Gasteiger partial charge in [0.15, 0.2) is 0 Å². The molecule has 24 heavy (non-hydrogen) atoms. The van der Waals surface area contributed by atoms with Gasteiger partial charge in [0.1, 0.15) is 0 Å². The first kappa shape index (κ1) is 16.3. The minimum absolute atomic E-state index is 0.167. The minimum atomic E-state index is 0.167. The van der Waals surface area contributed by atoms with Gasteiger partial charge in [0.2, 0.25) is 5.91 Å². The van der Waals surface area contributed by atoms with Gasteiger partial charge >= 0.3 is 0 Å². The van der Waals surface area contributed by atoms with Gasteiger partial charge in [-0.2, -0.15) is 5.10 Å². The molecule has 1 amide bonds. The topological polar surface area (TPSA) is 53.9 Å². The minimum Gasteiger partial charge on any atom is -0.361 e. The van der Waals surface area contributed by atoms with Gasteiger partial charge in [-0.3, -0.25) is 9.48 Å². The summed E-state index contributed by atoms with van der Waals surface area (Å²) in [7, 11) is 1.85. The second kappa shape index (κ2) is 7.34. The summed E-state index contributed by atoms with van der Waals surface area (Å²) in [6.07, 6.45) is 6.33. The van der Waals surface area contributed by atoms with E-state index < -0.39 is 0 Å². The monoisotopic (exact) mass is 324 g/mol. The number of nitrogens with zero attached hydrogens (tertiary/aromatic N) is 3. The molecule has 3 rings (SSSR count). The van der Waals surface area contributed by atoms with Crippen LogP contribution in [0.25, 0.3) is 10.9 Å². The fourth-order valence-corrected chi connectivity index (χ4v) is 2.95. The molecule has 0 aliphatic rings. The number of rotatable bonds is 7. The zero-order valence-corrected chi connectivity index (χ0v) is 14.3. The lowest BCUT2D eigenvalue weighted by Crippen LogP contribution is -2.26. The van der Waals surface area contributed by atoms with Crippen molar-refractivity contribution in [3.63, 3.8) is 0 Å². The fourth-order valence-electron chi connectivity index (χ4n) is 2.95. The van der Waals surface area contributed by atoms with Crippen molar-refractivity contribution in [2.45, 2.75) is 39.3 Å². The average Bonchev–Trinajstić information content (AvgIpc) is 3.22. The molecule has 0 saturated carbocycles. The maximum Gasteiger partial charge on any atom is 0.222 e. The Bertz CT molecular complexity index is 818. The Morgan fingerprint density at radius 2 is 2.12 bits per heavy atom. The zero-order valence-electron chi connectivity index (χ0n) is 14.3. The third kappa shape index (κ3) is 3.67. The number of benzene rings is 1. The summed E-state index contributed by atoms with van der Waals surface area (Å²) >= 11 is 0. The van der Waals surface area contributed by atoms with Crippen molar-refractivity contribution in [2.75, 3.05) is 7.05 Å². The van der Waals surface area contributed by atoms with Gasteiger partial charge in [-0.25, -0.2) is 0 Å². The van der Waals surface area contributed by atoms with Crippen LogP contribution < -0.4 is 0 Å². The van der Waals surface area contributed by atoms with Crippen LogP contribution >= 0.6 is 0 Å². The molecule has 0 aliphatic carbocycles. The van der Waals surface area contributed by atoms with E-state index in [1.807, 2.05) is 36.1 Å². The predicted molar refractivity (Wildman–Crippen MR) is 95.6 cm³/mol. The number of aryl methyl sites for hydroxylation is 2. The van der Waals surface area contributed by atoms with E-state index in [1.165, 1.54) is 10.9 Å². The van der Waals surface area contributed by atoms with Crippen LogP contribution in [-0.2, 0) is 24.3 Å². The van der Waals surface area contributed by atoms with Crippen molar-refractivity contribution in [1.82, 2.24) is 19.7 Å². The molecule has 1 aromatic carbocycles. The maximum atomic E-state index is 12.3. The van der Waals surface area contributed by atoms with Gasteiger partial charge in [0.25, 0.3) is 0 Å². The number of para-hydroxylation sites is 1. The standard InChI is InChI=1S/C19H24N4O/c1-3-23-12-11-16(21-23)14-22(2)19(24)10-6-7-15-13-20-18-9-5-4-8-17(15)18/h4-5,8-9,11-13,20H,3,6-7,10,14H2,1-2H3. The van der Waals surface area contributed by atoms with Crippen molar-refractivity contribution < 1.29 is 4.79 Å². The normalized spacial score (nSPS) is 11.1. The molecule has 0 unspecified atom stereocenters. The lowest BCUT2D eigenvalue weighted by molar-refractivity contribution is -0.130. The number of carbonyl (C=O) groups is 1. The first-order chi connectivity index (χ1) is 11.7. The van der Waals surface area contributed by atoms with E-state index in [4.69, 9.17) is 0 Å². The molecule has 5 heteroatoms. The molecule has 3 aromatic rings. The smallest absolute Gasteiger partial charge is 0.222 e. The molecule has 2 aromatic heterocycles. The highest BCUT2D eigenvalue weighted by Crippen LogP contribution is 2.19. The van der Waals surface area contributed by atoms with Crippen LogP contribution in [0.2, 0.25) is 0 Å². The molecular weight excluding hydrogens is 300 g/mol. The number of hydrogen-bond acceptors (Lipinski definition) is 2. The zero-order chi connectivity index (χ0) is 16.9. The highest BCUT2D eigenvalue weighted by atomic mass is 16.2. The summed E-state index contributed by atoms with van der Waals surface area (Å²) < 4.78 is 1.88. The third-order valence-corrected chi connectivity index (χ3v) is 4.36. The highest BCUT2D eigenvalue weighted by Gasteiger charge is 2.11. The second-order valence-electron chi connectivity index (χ2n) is 6.13. The van der Waals surface area contributed by atoms with Gasteiger partial charge in [0.05, 0.1) is 12.2 Å². The molecule has 0 spiro atoms. The van der Waals surface area contributed by atoms with Crippen molar-refractivity contribution in [3.8, 4) is 0 Å². The van der Waals surface area contributed by atoms with E-state index >= 15 is 0 Å². The number of aromatic nitrogens is 3. The Kier molecular flexibility index (Phi) is 4.99. The first-order valence-corrected chi connectivity index (χ1v) is 8.48. The van der Waals surface area contributed by atoms with Crippen LogP contribution in [0.3, 0.4) is 0 Å². The lowest BCUT2D eigenvalue weighted by atomic mass is 10.1. The van der Waals surface area contributed by atoms with E-state index in [1.54, 1.807) is 4.90 Å². The number of carbonyl (C=O) groups excluding carboxylic acids is 1. The van der Waals surface area contributed by atoms with Crippen molar-refractivity contribution in [3.05, 3.63) is 54.0 Å². The first-order valence-electron chi connectivity index (χ1n) is 8.48. The van der Waals surface area contributed by atoms with Gasteiger partial charge in [-0.1, -0.05) is 18.2 Å². The number of aromatic amines is 1. The van der Waals surface area contributed by atoms with Gasteiger partial charge in [0, 0.05) is 43.3 Å². The quantitative estimate of drug-likeness (QED) is 0.724. The van der Waals surface area contributed by atoms with Crippen LogP contribution in [-0.4, -0.2) is 32.6 Å². The molecule has 0 aliphatic heterocycles. The molecule has 0 bridgehead atoms. The Morgan fingerprint density at radius 3 is 2.92 bits per heavy atom. The molecule has 5 nitrogen and oxygen atoms in total.